The molecule has 2 heterocycles. The molecule has 0 radical (unpaired) electrons. The molecule has 1 aliphatic heterocycles. The third-order valence-corrected chi connectivity index (χ3v) is 3.67. The Balaban J connectivity index is 2.61. The number of hydrogen-bond donors (Lipinski definition) is 1. The quantitative estimate of drug-likeness (QED) is 0.678. The zero-order valence-electron chi connectivity index (χ0n) is 12.7. The fraction of sp³-hybridized carbons (Fsp3) is 0.467. The van der Waals surface area contributed by atoms with Crippen LogP contribution >= 0.6 is 0 Å². The molecule has 1 aromatic heterocycles. The van der Waals surface area contributed by atoms with Crippen LogP contribution in [0.4, 0.5) is 10.6 Å². The molecular formula is C15H18N2O5. The number of carbonyl (C=O) groups is 3. The number of ketones is 1. The van der Waals surface area contributed by atoms with Crippen molar-refractivity contribution in [3.8, 4) is 0 Å². The van der Waals surface area contributed by atoms with Crippen LogP contribution < -0.4 is 4.90 Å². The Hall–Kier alpha value is -2.44. The number of hydrogen-bond acceptors (Lipinski definition) is 5. The van der Waals surface area contributed by atoms with E-state index in [-0.39, 0.29) is 18.0 Å². The molecule has 0 spiro atoms. The first-order valence-electron chi connectivity index (χ1n) is 7.13. The number of aromatic nitrogens is 1. The lowest BCUT2D eigenvalue weighted by atomic mass is 9.84. The van der Waals surface area contributed by atoms with Crippen LogP contribution in [0.25, 0.3) is 0 Å². The van der Waals surface area contributed by atoms with Crippen LogP contribution in [0.1, 0.15) is 36.3 Å². The Morgan fingerprint density at radius 3 is 2.59 bits per heavy atom. The van der Waals surface area contributed by atoms with Gasteiger partial charge in [0.15, 0.2) is 5.78 Å². The second-order valence-electron chi connectivity index (χ2n) is 5.05. The van der Waals surface area contributed by atoms with E-state index in [9.17, 15) is 19.5 Å². The fourth-order valence-corrected chi connectivity index (χ4v) is 2.71. The largest absolute Gasteiger partial charge is 0.465 e. The maximum Gasteiger partial charge on any atom is 0.413 e. The highest BCUT2D eigenvalue weighted by atomic mass is 16.5. The van der Waals surface area contributed by atoms with Gasteiger partial charge in [-0.25, -0.2) is 9.78 Å². The Morgan fingerprint density at radius 1 is 1.36 bits per heavy atom. The molecule has 0 saturated heterocycles. The zero-order chi connectivity index (χ0) is 16.4. The normalized spacial score (nSPS) is 20.5. The SMILES string of the molecule is CCOC(=O)C1C(=O)c2ccc(C)nc2N(C(=O)O)C1CC. The number of carbonyl (C=O) groups excluding carboxylic acids is 2. The molecular weight excluding hydrogens is 288 g/mol. The van der Waals surface area contributed by atoms with Gasteiger partial charge in [-0.2, -0.15) is 0 Å². The molecule has 118 valence electrons. The highest BCUT2D eigenvalue weighted by Crippen LogP contribution is 2.34. The van der Waals surface area contributed by atoms with Gasteiger partial charge in [0.05, 0.1) is 18.2 Å². The average molecular weight is 306 g/mol. The van der Waals surface area contributed by atoms with Crippen molar-refractivity contribution in [1.29, 1.82) is 0 Å². The van der Waals surface area contributed by atoms with Gasteiger partial charge >= 0.3 is 12.1 Å². The number of ether oxygens (including phenoxy) is 1. The second kappa shape index (κ2) is 6.13. The summed E-state index contributed by atoms with van der Waals surface area (Å²) < 4.78 is 4.95. The van der Waals surface area contributed by atoms with Crippen LogP contribution in [0.3, 0.4) is 0 Å². The summed E-state index contributed by atoms with van der Waals surface area (Å²) in [4.78, 5) is 41.6. The van der Waals surface area contributed by atoms with Gasteiger partial charge < -0.3 is 9.84 Å². The standard InChI is InChI=1S/C15H18N2O5/c1-4-10-11(14(19)22-5-2)12(18)9-7-6-8(3)16-13(9)17(10)15(20)21/h6-7,10-11H,4-5H2,1-3H3,(H,20,21). The minimum atomic E-state index is -1.24. The van der Waals surface area contributed by atoms with E-state index in [0.29, 0.717) is 12.1 Å². The third kappa shape index (κ3) is 2.54. The minimum Gasteiger partial charge on any atom is -0.465 e. The lowest BCUT2D eigenvalue weighted by Gasteiger charge is -2.37. The van der Waals surface area contributed by atoms with Gasteiger partial charge in [-0.05, 0) is 32.4 Å². The summed E-state index contributed by atoms with van der Waals surface area (Å²) in [7, 11) is 0. The smallest absolute Gasteiger partial charge is 0.413 e. The number of rotatable bonds is 3. The van der Waals surface area contributed by atoms with Gasteiger partial charge in [0.2, 0.25) is 0 Å². The summed E-state index contributed by atoms with van der Waals surface area (Å²) in [5.41, 5.74) is 0.734. The first-order valence-corrected chi connectivity index (χ1v) is 7.13. The van der Waals surface area contributed by atoms with E-state index in [4.69, 9.17) is 4.74 Å². The molecule has 1 N–H and O–H groups in total. The molecule has 22 heavy (non-hydrogen) atoms. The zero-order valence-corrected chi connectivity index (χ0v) is 12.7. The molecule has 0 aliphatic carbocycles. The first-order chi connectivity index (χ1) is 10.4. The van der Waals surface area contributed by atoms with Crippen molar-refractivity contribution in [3.05, 3.63) is 23.4 Å². The van der Waals surface area contributed by atoms with Gasteiger partial charge in [0.1, 0.15) is 11.7 Å². The van der Waals surface area contributed by atoms with E-state index in [2.05, 4.69) is 4.98 Å². The Labute approximate surface area is 127 Å². The number of amides is 1. The molecule has 7 nitrogen and oxygen atoms in total. The summed E-state index contributed by atoms with van der Waals surface area (Å²) in [5, 5.41) is 9.52. The predicted octanol–water partition coefficient (Wildman–Crippen LogP) is 2.03. The molecule has 2 unspecified atom stereocenters. The number of esters is 1. The topological polar surface area (TPSA) is 96.8 Å². The summed E-state index contributed by atoms with van der Waals surface area (Å²) in [6.45, 7) is 5.20. The van der Waals surface area contributed by atoms with Crippen LogP contribution in [-0.2, 0) is 9.53 Å². The number of fused-ring (bicyclic) bond motifs is 1. The van der Waals surface area contributed by atoms with Gasteiger partial charge in [-0.3, -0.25) is 14.5 Å². The van der Waals surface area contributed by atoms with E-state index in [1.54, 1.807) is 26.8 Å². The van der Waals surface area contributed by atoms with E-state index in [0.717, 1.165) is 4.90 Å². The van der Waals surface area contributed by atoms with Gasteiger partial charge in [0.25, 0.3) is 0 Å². The van der Waals surface area contributed by atoms with Crippen molar-refractivity contribution < 1.29 is 24.2 Å². The van der Waals surface area contributed by atoms with Crippen LogP contribution in [0.15, 0.2) is 12.1 Å². The Bertz CT molecular complexity index is 628. The monoisotopic (exact) mass is 306 g/mol. The van der Waals surface area contributed by atoms with E-state index >= 15 is 0 Å². The number of aryl methyl sites for hydroxylation is 1. The highest BCUT2D eigenvalue weighted by Gasteiger charge is 2.47. The Kier molecular flexibility index (Phi) is 4.44. The van der Waals surface area contributed by atoms with E-state index in [1.165, 1.54) is 6.07 Å². The predicted molar refractivity (Wildman–Crippen MR) is 78.0 cm³/mol. The summed E-state index contributed by atoms with van der Waals surface area (Å²) in [5.74, 6) is -2.20. The summed E-state index contributed by atoms with van der Waals surface area (Å²) >= 11 is 0. The number of anilines is 1. The van der Waals surface area contributed by atoms with Crippen LogP contribution in [0.2, 0.25) is 0 Å². The molecule has 2 atom stereocenters. The highest BCUT2D eigenvalue weighted by molar-refractivity contribution is 6.15. The lowest BCUT2D eigenvalue weighted by molar-refractivity contribution is -0.146. The van der Waals surface area contributed by atoms with Gasteiger partial charge in [0, 0.05) is 5.69 Å². The molecule has 1 aromatic rings. The Morgan fingerprint density at radius 2 is 2.05 bits per heavy atom. The molecule has 0 bridgehead atoms. The number of pyridine rings is 1. The lowest BCUT2D eigenvalue weighted by Crippen LogP contribution is -2.54. The van der Waals surface area contributed by atoms with Crippen molar-refractivity contribution >= 4 is 23.7 Å². The molecule has 0 aromatic carbocycles. The molecule has 0 fully saturated rings. The fourth-order valence-electron chi connectivity index (χ4n) is 2.71. The van der Waals surface area contributed by atoms with Crippen LogP contribution in [0, 0.1) is 12.8 Å². The van der Waals surface area contributed by atoms with Crippen molar-refractivity contribution in [2.45, 2.75) is 33.2 Å². The van der Waals surface area contributed by atoms with Crippen molar-refractivity contribution in [2.24, 2.45) is 5.92 Å². The van der Waals surface area contributed by atoms with Crippen LogP contribution in [-0.4, -0.2) is 40.6 Å². The number of Topliss-reactive ketones (excluding diaryl/α,β-unsaturated/α-hetero) is 1. The minimum absolute atomic E-state index is 0.0879. The van der Waals surface area contributed by atoms with Crippen molar-refractivity contribution in [1.82, 2.24) is 4.98 Å². The van der Waals surface area contributed by atoms with Crippen LogP contribution in [0.5, 0.6) is 0 Å². The average Bonchev–Trinajstić information content (AvgIpc) is 2.46. The molecule has 1 aliphatic rings. The summed E-state index contributed by atoms with van der Waals surface area (Å²) in [6, 6.07) is 2.31. The first kappa shape index (κ1) is 15.9. The van der Waals surface area contributed by atoms with Crippen molar-refractivity contribution in [3.63, 3.8) is 0 Å². The van der Waals surface area contributed by atoms with Gasteiger partial charge in [-0.15, -0.1) is 0 Å². The van der Waals surface area contributed by atoms with E-state index in [1.807, 2.05) is 0 Å². The number of carboxylic acid groups (broad SMARTS) is 1. The van der Waals surface area contributed by atoms with Gasteiger partial charge in [-0.1, -0.05) is 6.92 Å². The van der Waals surface area contributed by atoms with Crippen molar-refractivity contribution in [2.75, 3.05) is 11.5 Å². The maximum absolute atomic E-state index is 12.6. The number of nitrogens with zero attached hydrogens (tertiary/aromatic N) is 2. The van der Waals surface area contributed by atoms with E-state index < -0.39 is 29.8 Å². The molecule has 2 rings (SSSR count). The summed E-state index contributed by atoms with van der Waals surface area (Å²) in [6.07, 6.45) is -0.940. The molecule has 0 saturated carbocycles. The third-order valence-electron chi connectivity index (χ3n) is 3.67. The molecule has 1 amide bonds. The second-order valence-corrected chi connectivity index (χ2v) is 5.05. The molecule has 7 heteroatoms. The maximum atomic E-state index is 12.6.